The van der Waals surface area contributed by atoms with Gasteiger partial charge in [0, 0.05) is 6.07 Å². The summed E-state index contributed by atoms with van der Waals surface area (Å²) in [6.07, 6.45) is -0.486. The fraction of sp³-hybridized carbons (Fsp3) is 0.222. The Bertz CT molecular complexity index is 915. The summed E-state index contributed by atoms with van der Waals surface area (Å²) in [4.78, 5) is 4.30. The third kappa shape index (κ3) is 3.26. The number of methoxy groups -OCH3 is 1. The van der Waals surface area contributed by atoms with Crippen LogP contribution in [0.2, 0.25) is 0 Å². The third-order valence-electron chi connectivity index (χ3n) is 3.88. The van der Waals surface area contributed by atoms with E-state index in [0.29, 0.717) is 34.7 Å². The monoisotopic (exact) mass is 357 g/mol. The quantitative estimate of drug-likeness (QED) is 0.750. The minimum Gasteiger partial charge on any atom is -0.497 e. The van der Waals surface area contributed by atoms with Gasteiger partial charge in [-0.2, -0.15) is 4.98 Å². The third-order valence-corrected chi connectivity index (χ3v) is 3.88. The Labute approximate surface area is 148 Å². The van der Waals surface area contributed by atoms with Gasteiger partial charge >= 0.3 is 0 Å². The number of aromatic nitrogens is 2. The van der Waals surface area contributed by atoms with E-state index >= 15 is 0 Å². The standard InChI is InChI=1S/C18H16FN3O4/c1-23-11-6-7-12(19)13(8-11)20-9-17-21-18(26-22-17)16-10-24-14-4-2-3-5-15(14)25-16/h2-8,16,20H,9-10H2,1H3. The molecule has 8 heteroatoms. The highest BCUT2D eigenvalue weighted by Gasteiger charge is 2.27. The normalized spacial score (nSPS) is 15.5. The molecule has 0 fully saturated rings. The number of nitrogens with one attached hydrogen (secondary N) is 1. The summed E-state index contributed by atoms with van der Waals surface area (Å²) in [6.45, 7) is 0.467. The van der Waals surface area contributed by atoms with Crippen molar-refractivity contribution in [2.45, 2.75) is 12.6 Å². The molecule has 1 aromatic heterocycles. The van der Waals surface area contributed by atoms with Crippen molar-refractivity contribution in [3.05, 3.63) is 60.0 Å². The number of hydrogen-bond donors (Lipinski definition) is 1. The van der Waals surface area contributed by atoms with Gasteiger partial charge < -0.3 is 24.1 Å². The zero-order chi connectivity index (χ0) is 17.9. The van der Waals surface area contributed by atoms with E-state index in [2.05, 4.69) is 15.5 Å². The second-order valence-electron chi connectivity index (χ2n) is 5.61. The van der Waals surface area contributed by atoms with E-state index in [9.17, 15) is 4.39 Å². The van der Waals surface area contributed by atoms with Crippen molar-refractivity contribution < 1.29 is 23.1 Å². The SMILES string of the molecule is COc1ccc(F)c(NCc2noc(C3COc4ccccc4O3)n2)c1. The van der Waals surface area contributed by atoms with Crippen molar-refractivity contribution in [3.63, 3.8) is 0 Å². The molecule has 7 nitrogen and oxygen atoms in total. The molecule has 1 atom stereocenters. The number of benzene rings is 2. The van der Waals surface area contributed by atoms with Crippen LogP contribution in [-0.4, -0.2) is 23.9 Å². The molecule has 2 aromatic carbocycles. The number of rotatable bonds is 5. The van der Waals surface area contributed by atoms with Crippen LogP contribution in [0.25, 0.3) is 0 Å². The summed E-state index contributed by atoms with van der Waals surface area (Å²) in [5.41, 5.74) is 0.293. The summed E-state index contributed by atoms with van der Waals surface area (Å²) in [5.74, 6) is 2.15. The molecule has 0 saturated heterocycles. The maximum atomic E-state index is 13.8. The van der Waals surface area contributed by atoms with E-state index < -0.39 is 11.9 Å². The van der Waals surface area contributed by atoms with Crippen molar-refractivity contribution in [1.82, 2.24) is 10.1 Å². The number of ether oxygens (including phenoxy) is 3. The van der Waals surface area contributed by atoms with E-state index in [1.807, 2.05) is 24.3 Å². The van der Waals surface area contributed by atoms with E-state index in [0.717, 1.165) is 0 Å². The van der Waals surface area contributed by atoms with E-state index in [1.54, 1.807) is 12.1 Å². The highest BCUT2D eigenvalue weighted by atomic mass is 19.1. The molecule has 0 saturated carbocycles. The number of hydrogen-bond acceptors (Lipinski definition) is 7. The molecule has 26 heavy (non-hydrogen) atoms. The zero-order valence-corrected chi connectivity index (χ0v) is 13.9. The van der Waals surface area contributed by atoms with E-state index in [-0.39, 0.29) is 13.2 Å². The summed E-state index contributed by atoms with van der Waals surface area (Å²) < 4.78 is 35.6. The summed E-state index contributed by atoms with van der Waals surface area (Å²) >= 11 is 0. The summed E-state index contributed by atoms with van der Waals surface area (Å²) in [5, 5.41) is 6.82. The molecular weight excluding hydrogens is 341 g/mol. The number of nitrogens with zero attached hydrogens (tertiary/aromatic N) is 2. The van der Waals surface area contributed by atoms with Gasteiger partial charge in [-0.05, 0) is 24.3 Å². The second-order valence-corrected chi connectivity index (χ2v) is 5.61. The lowest BCUT2D eigenvalue weighted by atomic mass is 10.2. The molecule has 1 aliphatic rings. The minimum absolute atomic E-state index is 0.192. The van der Waals surface area contributed by atoms with Crippen molar-refractivity contribution in [1.29, 1.82) is 0 Å². The number of para-hydroxylation sites is 2. The van der Waals surface area contributed by atoms with Gasteiger partial charge in [-0.15, -0.1) is 0 Å². The first kappa shape index (κ1) is 16.2. The molecule has 4 rings (SSSR count). The van der Waals surface area contributed by atoms with Crippen LogP contribution < -0.4 is 19.5 Å². The van der Waals surface area contributed by atoms with Crippen LogP contribution in [0.5, 0.6) is 17.2 Å². The Kier molecular flexibility index (Phi) is 4.30. The minimum atomic E-state index is -0.486. The fourth-order valence-electron chi connectivity index (χ4n) is 2.55. The van der Waals surface area contributed by atoms with Crippen LogP contribution in [0.1, 0.15) is 17.8 Å². The predicted octanol–water partition coefficient (Wildman–Crippen LogP) is 3.34. The van der Waals surface area contributed by atoms with Gasteiger partial charge in [-0.25, -0.2) is 4.39 Å². The maximum Gasteiger partial charge on any atom is 0.271 e. The lowest BCUT2D eigenvalue weighted by Gasteiger charge is -2.23. The summed E-state index contributed by atoms with van der Waals surface area (Å²) in [7, 11) is 1.52. The molecule has 1 unspecified atom stereocenters. The van der Waals surface area contributed by atoms with Gasteiger partial charge in [0.25, 0.3) is 5.89 Å². The molecule has 0 aliphatic carbocycles. The van der Waals surface area contributed by atoms with Crippen molar-refractivity contribution >= 4 is 5.69 Å². The number of halogens is 1. The number of anilines is 1. The highest BCUT2D eigenvalue weighted by molar-refractivity contribution is 5.49. The lowest BCUT2D eigenvalue weighted by Crippen LogP contribution is -2.21. The first-order chi connectivity index (χ1) is 12.7. The van der Waals surface area contributed by atoms with E-state index in [4.69, 9.17) is 18.7 Å². The zero-order valence-electron chi connectivity index (χ0n) is 13.9. The van der Waals surface area contributed by atoms with Crippen LogP contribution in [0.3, 0.4) is 0 Å². The predicted molar refractivity (Wildman–Crippen MR) is 89.9 cm³/mol. The molecular formula is C18H16FN3O4. The first-order valence-corrected chi connectivity index (χ1v) is 8.01. The summed E-state index contributed by atoms with van der Waals surface area (Å²) in [6, 6.07) is 11.8. The van der Waals surface area contributed by atoms with Crippen LogP contribution in [0.4, 0.5) is 10.1 Å². The van der Waals surface area contributed by atoms with Gasteiger partial charge in [0.1, 0.15) is 18.2 Å². The molecule has 134 valence electrons. The van der Waals surface area contributed by atoms with Crippen molar-refractivity contribution in [2.24, 2.45) is 0 Å². The topological polar surface area (TPSA) is 78.6 Å². The maximum absolute atomic E-state index is 13.8. The Balaban J connectivity index is 1.43. The highest BCUT2D eigenvalue weighted by Crippen LogP contribution is 2.35. The van der Waals surface area contributed by atoms with E-state index in [1.165, 1.54) is 13.2 Å². The van der Waals surface area contributed by atoms with Crippen LogP contribution in [-0.2, 0) is 6.54 Å². The first-order valence-electron chi connectivity index (χ1n) is 8.01. The Morgan fingerprint density at radius 3 is 2.92 bits per heavy atom. The van der Waals surface area contributed by atoms with Gasteiger partial charge in [-0.3, -0.25) is 0 Å². The average molecular weight is 357 g/mol. The molecule has 0 amide bonds. The van der Waals surface area contributed by atoms with Crippen molar-refractivity contribution in [3.8, 4) is 17.2 Å². The van der Waals surface area contributed by atoms with Crippen LogP contribution >= 0.6 is 0 Å². The fourth-order valence-corrected chi connectivity index (χ4v) is 2.55. The van der Waals surface area contributed by atoms with Gasteiger partial charge in [0.2, 0.25) is 6.10 Å². The van der Waals surface area contributed by atoms with Crippen LogP contribution in [0.15, 0.2) is 47.0 Å². The molecule has 0 bridgehead atoms. The molecule has 2 heterocycles. The lowest BCUT2D eigenvalue weighted by molar-refractivity contribution is 0.0665. The molecule has 1 N–H and O–H groups in total. The second kappa shape index (κ2) is 6.91. The number of fused-ring (bicyclic) bond motifs is 1. The van der Waals surface area contributed by atoms with Gasteiger partial charge in [-0.1, -0.05) is 17.3 Å². The Morgan fingerprint density at radius 2 is 2.08 bits per heavy atom. The van der Waals surface area contributed by atoms with Crippen molar-refractivity contribution in [2.75, 3.05) is 19.0 Å². The average Bonchev–Trinajstić information content (AvgIpc) is 3.16. The molecule has 0 radical (unpaired) electrons. The molecule has 3 aromatic rings. The smallest absolute Gasteiger partial charge is 0.271 e. The van der Waals surface area contributed by atoms with Crippen LogP contribution in [0, 0.1) is 5.82 Å². The Morgan fingerprint density at radius 1 is 1.23 bits per heavy atom. The Hall–Kier alpha value is -3.29. The molecule has 1 aliphatic heterocycles. The van der Waals surface area contributed by atoms with Gasteiger partial charge in [0.15, 0.2) is 17.3 Å². The van der Waals surface area contributed by atoms with Gasteiger partial charge in [0.05, 0.1) is 19.3 Å². The molecule has 0 spiro atoms. The largest absolute Gasteiger partial charge is 0.497 e.